The molecule has 0 unspecified atom stereocenters. The molecular formula is C19H18N4O5S. The molecule has 0 radical (unpaired) electrons. The second kappa shape index (κ2) is 8.25. The van der Waals surface area contributed by atoms with Crippen LogP contribution in [0.4, 0.5) is 5.69 Å². The predicted octanol–water partition coefficient (Wildman–Crippen LogP) is 0.344. The lowest BCUT2D eigenvalue weighted by atomic mass is 10.2. The Hall–Kier alpha value is -3.50. The van der Waals surface area contributed by atoms with Gasteiger partial charge in [0.25, 0.3) is 5.56 Å². The van der Waals surface area contributed by atoms with Crippen molar-refractivity contribution in [3.05, 3.63) is 93.3 Å². The fourth-order valence-electron chi connectivity index (χ4n) is 2.67. The standard InChI is InChI=1S/C19H18N4O5S/c20-29(27,28)16-8-6-15(7-9-16)21-17(24)13-23-18(25)10-11-22(19(23)26)12-14-4-2-1-3-5-14/h1-11H,12-13H2,(H,21,24)(H2,20,27,28). The number of hydrogen-bond acceptors (Lipinski definition) is 5. The highest BCUT2D eigenvalue weighted by molar-refractivity contribution is 7.89. The first-order chi connectivity index (χ1) is 13.7. The largest absolute Gasteiger partial charge is 0.331 e. The third kappa shape index (κ3) is 5.06. The van der Waals surface area contributed by atoms with Crippen LogP contribution in [-0.4, -0.2) is 23.5 Å². The summed E-state index contributed by atoms with van der Waals surface area (Å²) in [5, 5.41) is 7.53. The summed E-state index contributed by atoms with van der Waals surface area (Å²) < 4.78 is 24.7. The summed E-state index contributed by atoms with van der Waals surface area (Å²) in [5.74, 6) is -0.606. The Morgan fingerprint density at radius 2 is 1.62 bits per heavy atom. The number of amides is 1. The highest BCUT2D eigenvalue weighted by atomic mass is 32.2. The van der Waals surface area contributed by atoms with Crippen molar-refractivity contribution in [3.8, 4) is 0 Å². The van der Waals surface area contributed by atoms with Crippen LogP contribution in [-0.2, 0) is 27.9 Å². The second-order valence-electron chi connectivity index (χ2n) is 6.25. The molecular weight excluding hydrogens is 396 g/mol. The van der Waals surface area contributed by atoms with Crippen molar-refractivity contribution in [2.45, 2.75) is 18.0 Å². The second-order valence-corrected chi connectivity index (χ2v) is 7.82. The van der Waals surface area contributed by atoms with Crippen molar-refractivity contribution in [1.82, 2.24) is 9.13 Å². The minimum Gasteiger partial charge on any atom is -0.325 e. The van der Waals surface area contributed by atoms with Gasteiger partial charge in [0.05, 0.1) is 11.4 Å². The van der Waals surface area contributed by atoms with Crippen molar-refractivity contribution in [2.75, 3.05) is 5.32 Å². The lowest BCUT2D eigenvalue weighted by Gasteiger charge is -2.10. The summed E-state index contributed by atoms with van der Waals surface area (Å²) in [7, 11) is -3.84. The normalized spacial score (nSPS) is 11.2. The minimum absolute atomic E-state index is 0.0985. The fourth-order valence-corrected chi connectivity index (χ4v) is 3.19. The molecule has 0 atom stereocenters. The predicted molar refractivity (Wildman–Crippen MR) is 107 cm³/mol. The van der Waals surface area contributed by atoms with E-state index in [2.05, 4.69) is 5.32 Å². The van der Waals surface area contributed by atoms with E-state index in [1.165, 1.54) is 41.1 Å². The van der Waals surface area contributed by atoms with Crippen LogP contribution in [0.5, 0.6) is 0 Å². The molecule has 3 aromatic rings. The SMILES string of the molecule is NS(=O)(=O)c1ccc(NC(=O)Cn2c(=O)ccn(Cc3ccccc3)c2=O)cc1. The van der Waals surface area contributed by atoms with Gasteiger partial charge in [-0.1, -0.05) is 30.3 Å². The Labute approximate surface area is 166 Å². The van der Waals surface area contributed by atoms with Gasteiger partial charge in [0.15, 0.2) is 0 Å². The van der Waals surface area contributed by atoms with E-state index in [1.54, 1.807) is 0 Å². The van der Waals surface area contributed by atoms with Gasteiger partial charge in [0.1, 0.15) is 6.54 Å². The van der Waals surface area contributed by atoms with E-state index in [9.17, 15) is 22.8 Å². The molecule has 1 heterocycles. The zero-order valence-electron chi connectivity index (χ0n) is 15.2. The number of nitrogens with one attached hydrogen (secondary N) is 1. The average Bonchev–Trinajstić information content (AvgIpc) is 2.68. The lowest BCUT2D eigenvalue weighted by Crippen LogP contribution is -2.41. The third-order valence-electron chi connectivity index (χ3n) is 4.10. The number of rotatable bonds is 6. The molecule has 0 aliphatic heterocycles. The summed E-state index contributed by atoms with van der Waals surface area (Å²) in [6, 6.07) is 15.7. The topological polar surface area (TPSA) is 133 Å². The van der Waals surface area contributed by atoms with Crippen LogP contribution in [0.3, 0.4) is 0 Å². The molecule has 2 aromatic carbocycles. The number of nitrogens with zero attached hydrogens (tertiary/aromatic N) is 2. The van der Waals surface area contributed by atoms with Gasteiger partial charge in [-0.05, 0) is 29.8 Å². The van der Waals surface area contributed by atoms with Gasteiger partial charge in [0.2, 0.25) is 15.9 Å². The van der Waals surface area contributed by atoms with E-state index in [1.807, 2.05) is 30.3 Å². The summed E-state index contributed by atoms with van der Waals surface area (Å²) in [4.78, 5) is 36.9. The molecule has 0 saturated heterocycles. The van der Waals surface area contributed by atoms with Crippen molar-refractivity contribution >= 4 is 21.6 Å². The first kappa shape index (κ1) is 20.2. The molecule has 0 saturated carbocycles. The molecule has 0 aliphatic rings. The Balaban J connectivity index is 1.77. The van der Waals surface area contributed by atoms with Gasteiger partial charge in [-0.3, -0.25) is 18.7 Å². The van der Waals surface area contributed by atoms with Crippen LogP contribution in [0.1, 0.15) is 5.56 Å². The van der Waals surface area contributed by atoms with E-state index in [-0.39, 0.29) is 11.4 Å². The lowest BCUT2D eigenvalue weighted by molar-refractivity contribution is -0.116. The number of carbonyl (C=O) groups excluding carboxylic acids is 1. The molecule has 10 heteroatoms. The van der Waals surface area contributed by atoms with Gasteiger partial charge in [0, 0.05) is 18.0 Å². The Morgan fingerprint density at radius 3 is 2.24 bits per heavy atom. The number of carbonyl (C=O) groups is 1. The maximum Gasteiger partial charge on any atom is 0.331 e. The molecule has 1 amide bonds. The zero-order valence-corrected chi connectivity index (χ0v) is 16.0. The molecule has 29 heavy (non-hydrogen) atoms. The number of benzene rings is 2. The number of nitrogens with two attached hydrogens (primary N) is 1. The van der Waals surface area contributed by atoms with Crippen LogP contribution in [0.15, 0.2) is 81.3 Å². The molecule has 9 nitrogen and oxygen atoms in total. The number of primary sulfonamides is 1. The van der Waals surface area contributed by atoms with Crippen LogP contribution in [0, 0.1) is 0 Å². The maximum atomic E-state index is 12.6. The molecule has 3 rings (SSSR count). The van der Waals surface area contributed by atoms with Crippen LogP contribution in [0.25, 0.3) is 0 Å². The highest BCUT2D eigenvalue weighted by Gasteiger charge is 2.12. The minimum atomic E-state index is -3.84. The number of sulfonamides is 1. The summed E-state index contributed by atoms with van der Waals surface area (Å²) >= 11 is 0. The van der Waals surface area contributed by atoms with Gasteiger partial charge < -0.3 is 5.32 Å². The van der Waals surface area contributed by atoms with Gasteiger partial charge in [-0.2, -0.15) is 0 Å². The van der Waals surface area contributed by atoms with Crippen molar-refractivity contribution in [3.63, 3.8) is 0 Å². The Morgan fingerprint density at radius 1 is 0.966 bits per heavy atom. The number of hydrogen-bond donors (Lipinski definition) is 2. The molecule has 0 bridgehead atoms. The van der Waals surface area contributed by atoms with Crippen LogP contribution >= 0.6 is 0 Å². The monoisotopic (exact) mass is 414 g/mol. The third-order valence-corrected chi connectivity index (χ3v) is 5.03. The first-order valence-corrected chi connectivity index (χ1v) is 10.1. The molecule has 1 aromatic heterocycles. The van der Waals surface area contributed by atoms with E-state index in [4.69, 9.17) is 5.14 Å². The summed E-state index contributed by atoms with van der Waals surface area (Å²) in [5.41, 5.74) is -0.0321. The first-order valence-electron chi connectivity index (χ1n) is 8.51. The summed E-state index contributed by atoms with van der Waals surface area (Å²) in [6.07, 6.45) is 1.39. The molecule has 150 valence electrons. The maximum absolute atomic E-state index is 12.6. The molecule has 0 fully saturated rings. The van der Waals surface area contributed by atoms with Crippen molar-refractivity contribution < 1.29 is 13.2 Å². The van der Waals surface area contributed by atoms with Crippen LogP contribution in [0.2, 0.25) is 0 Å². The van der Waals surface area contributed by atoms with E-state index in [0.717, 1.165) is 10.1 Å². The number of aromatic nitrogens is 2. The van der Waals surface area contributed by atoms with Crippen molar-refractivity contribution in [2.24, 2.45) is 5.14 Å². The van der Waals surface area contributed by atoms with Crippen LogP contribution < -0.4 is 21.7 Å². The van der Waals surface area contributed by atoms with E-state index >= 15 is 0 Å². The molecule has 3 N–H and O–H groups in total. The van der Waals surface area contributed by atoms with E-state index < -0.39 is 33.7 Å². The number of anilines is 1. The average molecular weight is 414 g/mol. The molecule has 0 spiro atoms. The fraction of sp³-hybridized carbons (Fsp3) is 0.105. The smallest absolute Gasteiger partial charge is 0.325 e. The van der Waals surface area contributed by atoms with Crippen molar-refractivity contribution in [1.29, 1.82) is 0 Å². The Bertz CT molecular complexity index is 1250. The zero-order chi connectivity index (χ0) is 21.0. The quantitative estimate of drug-likeness (QED) is 0.600. The van der Waals surface area contributed by atoms with Gasteiger partial charge >= 0.3 is 5.69 Å². The van der Waals surface area contributed by atoms with Gasteiger partial charge in [-0.15, -0.1) is 0 Å². The molecule has 0 aliphatic carbocycles. The summed E-state index contributed by atoms with van der Waals surface area (Å²) in [6.45, 7) is -0.221. The highest BCUT2D eigenvalue weighted by Crippen LogP contribution is 2.12. The van der Waals surface area contributed by atoms with Gasteiger partial charge in [-0.25, -0.2) is 18.4 Å². The van der Waals surface area contributed by atoms with E-state index in [0.29, 0.717) is 5.69 Å². The Kier molecular flexibility index (Phi) is 5.76.